The number of hydrogen-bond donors (Lipinski definition) is 0. The predicted molar refractivity (Wildman–Crippen MR) is 242 cm³/mol. The second-order valence-corrected chi connectivity index (χ2v) is 17.8. The predicted octanol–water partition coefficient (Wildman–Crippen LogP) is 18.0. The first-order valence-electron chi connectivity index (χ1n) is 25.4. The fourth-order valence-electron chi connectivity index (χ4n) is 8.77. The Balaban J connectivity index is 2.35. The summed E-state index contributed by atoms with van der Waals surface area (Å²) in [5, 5.41) is 0. The van der Waals surface area contributed by atoms with E-state index in [1.54, 1.807) is 0 Å². The number of aliphatic imine (C=N–C) groups is 1. The maximum atomic E-state index is 14.0. The quantitative estimate of drug-likeness (QED) is 0.0450. The van der Waals surface area contributed by atoms with Crippen LogP contribution < -0.4 is 0 Å². The number of amides is 1. The number of nitrogens with zero attached hydrogens (tertiary/aromatic N) is 2. The third-order valence-electron chi connectivity index (χ3n) is 12.6. The molecule has 0 aromatic heterocycles. The van der Waals surface area contributed by atoms with Crippen molar-refractivity contribution in [3.8, 4) is 0 Å². The van der Waals surface area contributed by atoms with Gasteiger partial charge in [-0.05, 0) is 25.7 Å². The summed E-state index contributed by atoms with van der Waals surface area (Å²) in [6.45, 7) is 7.84. The van der Waals surface area contributed by atoms with E-state index in [1.165, 1.54) is 250 Å². The summed E-state index contributed by atoms with van der Waals surface area (Å²) in [7, 11) is 0. The van der Waals surface area contributed by atoms with Crippen LogP contribution in [0.1, 0.15) is 297 Å². The first-order valence-corrected chi connectivity index (χ1v) is 25.4. The molecule has 0 fully saturated rings. The summed E-state index contributed by atoms with van der Waals surface area (Å²) < 4.78 is 0.453. The highest BCUT2D eigenvalue weighted by Crippen LogP contribution is 2.27. The Morgan fingerprint density at radius 2 is 0.667 bits per heavy atom. The third kappa shape index (κ3) is 29.3. The molecule has 1 amide bonds. The molecule has 0 N–H and O–H groups in total. The Morgan fingerprint density at radius 3 is 1.00 bits per heavy atom. The fraction of sp³-hybridized carbons (Fsp3) is 0.922. The van der Waals surface area contributed by atoms with Crippen LogP contribution in [0.15, 0.2) is 17.4 Å². The van der Waals surface area contributed by atoms with Gasteiger partial charge in [-0.25, -0.2) is 9.79 Å². The lowest BCUT2D eigenvalue weighted by Crippen LogP contribution is -2.52. The summed E-state index contributed by atoms with van der Waals surface area (Å²) in [6.07, 6.45) is 62.0. The van der Waals surface area contributed by atoms with Crippen LogP contribution in [0.5, 0.6) is 0 Å². The van der Waals surface area contributed by atoms with Gasteiger partial charge in [0.2, 0.25) is 5.84 Å². The lowest BCUT2D eigenvalue weighted by atomic mass is 10.0. The molecule has 3 heteroatoms. The van der Waals surface area contributed by atoms with Crippen molar-refractivity contribution in [2.24, 2.45) is 4.99 Å². The molecule has 1 heterocycles. The summed E-state index contributed by atoms with van der Waals surface area (Å²) in [5.74, 6) is 1.58. The lowest BCUT2D eigenvalue weighted by Gasteiger charge is -2.30. The molecule has 54 heavy (non-hydrogen) atoms. The van der Waals surface area contributed by atoms with E-state index in [0.29, 0.717) is 10.4 Å². The maximum absolute atomic E-state index is 14.0. The molecule has 0 saturated heterocycles. The average molecular weight is 756 g/mol. The minimum Gasteiger partial charge on any atom is -0.230 e. The Bertz CT molecular complexity index is 848. The molecule has 0 aromatic rings. The van der Waals surface area contributed by atoms with Crippen LogP contribution in [0.4, 0.5) is 0 Å². The van der Waals surface area contributed by atoms with Gasteiger partial charge in [0.25, 0.3) is 0 Å². The van der Waals surface area contributed by atoms with Crippen LogP contribution in [0.2, 0.25) is 0 Å². The van der Waals surface area contributed by atoms with Crippen LogP contribution in [0.3, 0.4) is 0 Å². The van der Waals surface area contributed by atoms with Gasteiger partial charge in [0.1, 0.15) is 6.20 Å². The molecule has 1 rings (SSSR count). The van der Waals surface area contributed by atoms with Crippen LogP contribution in [0, 0.1) is 0 Å². The van der Waals surface area contributed by atoms with Gasteiger partial charge in [0.15, 0.2) is 0 Å². The summed E-state index contributed by atoms with van der Waals surface area (Å²) >= 11 is 0. The van der Waals surface area contributed by atoms with Crippen molar-refractivity contribution < 1.29 is 9.28 Å². The zero-order valence-corrected chi connectivity index (χ0v) is 37.6. The van der Waals surface area contributed by atoms with Crippen LogP contribution >= 0.6 is 0 Å². The fourth-order valence-corrected chi connectivity index (χ4v) is 8.77. The van der Waals surface area contributed by atoms with Crippen LogP contribution in [-0.2, 0) is 4.79 Å². The van der Waals surface area contributed by atoms with Crippen molar-refractivity contribution in [2.45, 2.75) is 297 Å². The van der Waals surface area contributed by atoms with Crippen molar-refractivity contribution in [3.05, 3.63) is 12.4 Å². The second-order valence-electron chi connectivity index (χ2n) is 17.8. The highest BCUT2D eigenvalue weighted by Gasteiger charge is 2.41. The van der Waals surface area contributed by atoms with Crippen molar-refractivity contribution in [2.75, 3.05) is 6.54 Å². The topological polar surface area (TPSA) is 29.4 Å². The van der Waals surface area contributed by atoms with E-state index < -0.39 is 0 Å². The van der Waals surface area contributed by atoms with E-state index in [2.05, 4.69) is 27.0 Å². The highest BCUT2D eigenvalue weighted by molar-refractivity contribution is 5.90. The van der Waals surface area contributed by atoms with Gasteiger partial charge in [0.05, 0.1) is 19.2 Å². The van der Waals surface area contributed by atoms with Gasteiger partial charge in [0, 0.05) is 6.42 Å². The van der Waals surface area contributed by atoms with Gasteiger partial charge < -0.3 is 0 Å². The summed E-state index contributed by atoms with van der Waals surface area (Å²) in [6, 6.07) is 0. The number of carbonyl (C=O) groups is 1. The highest BCUT2D eigenvalue weighted by atomic mass is 16.2. The third-order valence-corrected chi connectivity index (χ3v) is 12.6. The number of hydrogen-bond acceptors (Lipinski definition) is 2. The maximum Gasteiger partial charge on any atom is 0.324 e. The zero-order valence-electron chi connectivity index (χ0n) is 37.6. The normalized spacial score (nSPS) is 15.4. The van der Waals surface area contributed by atoms with Gasteiger partial charge in [-0.1, -0.05) is 258 Å². The molecular weight excluding hydrogens is 657 g/mol. The molecule has 0 aliphatic carbocycles. The van der Waals surface area contributed by atoms with Crippen molar-refractivity contribution >= 4 is 11.7 Å². The largest absolute Gasteiger partial charge is 0.324 e. The van der Waals surface area contributed by atoms with E-state index in [0.717, 1.165) is 38.1 Å². The van der Waals surface area contributed by atoms with E-state index >= 15 is 0 Å². The summed E-state index contributed by atoms with van der Waals surface area (Å²) in [4.78, 5) is 18.9. The molecule has 1 aliphatic rings. The van der Waals surface area contributed by atoms with Crippen molar-refractivity contribution in [3.63, 3.8) is 0 Å². The Morgan fingerprint density at radius 1 is 0.389 bits per heavy atom. The van der Waals surface area contributed by atoms with Gasteiger partial charge >= 0.3 is 5.91 Å². The molecule has 0 bridgehead atoms. The molecule has 1 atom stereocenters. The molecule has 0 aromatic carbocycles. The van der Waals surface area contributed by atoms with Crippen molar-refractivity contribution in [1.29, 1.82) is 0 Å². The molecule has 0 spiro atoms. The SMILES string of the molecule is CCCCCCCCCCCCCCCCC(=O)[N+]1(CCCCCCCCCCCCCCCC)C=CN=C1CCCCCCCCCCCCCCC. The first-order chi connectivity index (χ1) is 26.7. The molecule has 318 valence electrons. The van der Waals surface area contributed by atoms with Crippen LogP contribution in [-0.4, -0.2) is 22.8 Å². The standard InChI is InChI=1S/C51H99N2O/c1-4-7-10-13-16-19-22-25-28-31-34-37-40-43-46-51(54)53(48-44-41-38-35-32-29-26-23-20-17-14-11-8-5-2)49-47-52-50(53)45-42-39-36-33-30-27-24-21-18-15-12-9-6-3/h47,49H,4-46,48H2,1-3H3/q+1. The Hall–Kier alpha value is -0.960. The zero-order chi connectivity index (χ0) is 38.9. The minimum atomic E-state index is 0.422. The molecule has 1 unspecified atom stereocenters. The Labute approximate surface area is 340 Å². The number of amidine groups is 1. The van der Waals surface area contributed by atoms with Crippen LogP contribution in [0.25, 0.3) is 0 Å². The monoisotopic (exact) mass is 756 g/mol. The lowest BCUT2D eigenvalue weighted by molar-refractivity contribution is -0.708. The van der Waals surface area contributed by atoms with E-state index in [1.807, 2.05) is 6.20 Å². The number of carbonyl (C=O) groups excluding carboxylic acids is 1. The first kappa shape index (κ1) is 51.1. The second kappa shape index (κ2) is 40.2. The average Bonchev–Trinajstić information content (AvgIpc) is 3.60. The Kier molecular flexibility index (Phi) is 38.1. The van der Waals surface area contributed by atoms with Gasteiger partial charge in [-0.3, -0.25) is 0 Å². The molecule has 0 saturated carbocycles. The molecule has 1 aliphatic heterocycles. The number of quaternary nitrogens is 1. The smallest absolute Gasteiger partial charge is 0.230 e. The number of rotatable bonds is 44. The summed E-state index contributed by atoms with van der Waals surface area (Å²) in [5.41, 5.74) is 0. The van der Waals surface area contributed by atoms with E-state index in [-0.39, 0.29) is 0 Å². The molecule has 0 radical (unpaired) electrons. The van der Waals surface area contributed by atoms with E-state index in [4.69, 9.17) is 4.99 Å². The molecule has 3 nitrogen and oxygen atoms in total. The van der Waals surface area contributed by atoms with E-state index in [9.17, 15) is 4.79 Å². The number of unbranched alkanes of at least 4 members (excludes halogenated alkanes) is 38. The molecular formula is C51H99N2O+. The minimum absolute atomic E-state index is 0.422. The van der Waals surface area contributed by atoms with Crippen molar-refractivity contribution in [1.82, 2.24) is 0 Å². The van der Waals surface area contributed by atoms with Gasteiger partial charge in [-0.2, -0.15) is 4.48 Å². The van der Waals surface area contributed by atoms with Gasteiger partial charge in [-0.15, -0.1) is 0 Å².